The number of thioether (sulfide) groups is 1. The average Bonchev–Trinajstić information content (AvgIpc) is 3.04. The van der Waals surface area contributed by atoms with Crippen LogP contribution >= 0.6 is 11.8 Å². The summed E-state index contributed by atoms with van der Waals surface area (Å²) < 4.78 is 5.19. The fraction of sp³-hybridized carbons (Fsp3) is 0.385. The van der Waals surface area contributed by atoms with Crippen LogP contribution in [0.5, 0.6) is 0 Å². The van der Waals surface area contributed by atoms with Crippen molar-refractivity contribution < 1.29 is 9.53 Å². The number of amides is 1. The standard InChI is InChI=1S/C13H17N5O2S/c1-21-8-7-11(12-15-17-18-16-12)14-13(19)20-9-10-5-3-2-4-6-10/h2-6,11H,7-9H2,1H3,(H,14,19)(H,15,16,17,18)/t11-/m0/s1. The molecule has 1 heterocycles. The molecule has 0 unspecified atom stereocenters. The normalized spacial score (nSPS) is 11.9. The highest BCUT2D eigenvalue weighted by atomic mass is 32.2. The molecule has 2 aromatic rings. The van der Waals surface area contributed by atoms with Gasteiger partial charge in [-0.2, -0.15) is 17.0 Å². The van der Waals surface area contributed by atoms with Crippen molar-refractivity contribution in [1.82, 2.24) is 25.9 Å². The van der Waals surface area contributed by atoms with E-state index in [1.165, 1.54) is 0 Å². The summed E-state index contributed by atoms with van der Waals surface area (Å²) in [5.41, 5.74) is 0.938. The Bertz CT molecular complexity index is 535. The van der Waals surface area contributed by atoms with Crippen LogP contribution in [0.4, 0.5) is 4.79 Å². The molecule has 0 aliphatic rings. The molecule has 0 fully saturated rings. The number of aromatic amines is 1. The van der Waals surface area contributed by atoms with Crippen molar-refractivity contribution in [2.45, 2.75) is 19.1 Å². The summed E-state index contributed by atoms with van der Waals surface area (Å²) in [6.45, 7) is 0.230. The van der Waals surface area contributed by atoms with Gasteiger partial charge in [0.2, 0.25) is 0 Å². The van der Waals surface area contributed by atoms with E-state index in [0.717, 1.165) is 11.3 Å². The number of nitrogens with zero attached hydrogens (tertiary/aromatic N) is 3. The summed E-state index contributed by atoms with van der Waals surface area (Å²) in [5, 5.41) is 16.5. The number of aromatic nitrogens is 4. The molecule has 0 aliphatic carbocycles. The van der Waals surface area contributed by atoms with Crippen molar-refractivity contribution in [3.8, 4) is 0 Å². The largest absolute Gasteiger partial charge is 0.445 e. The van der Waals surface area contributed by atoms with Gasteiger partial charge in [0.15, 0.2) is 5.82 Å². The summed E-state index contributed by atoms with van der Waals surface area (Å²) >= 11 is 1.69. The zero-order chi connectivity index (χ0) is 14.9. The SMILES string of the molecule is CSCC[C@H](NC(=O)OCc1ccccc1)c1nn[nH]n1. The van der Waals surface area contributed by atoms with Crippen LogP contribution in [0.2, 0.25) is 0 Å². The van der Waals surface area contributed by atoms with Crippen LogP contribution in [-0.2, 0) is 11.3 Å². The third-order valence-electron chi connectivity index (χ3n) is 2.79. The molecule has 1 amide bonds. The number of hydrogen-bond donors (Lipinski definition) is 2. The van der Waals surface area contributed by atoms with Gasteiger partial charge in [-0.25, -0.2) is 4.79 Å². The maximum absolute atomic E-state index is 11.9. The Labute approximate surface area is 126 Å². The number of carbonyl (C=O) groups excluding carboxylic acids is 1. The Hall–Kier alpha value is -2.09. The summed E-state index contributed by atoms with van der Waals surface area (Å²) in [6, 6.07) is 9.21. The topological polar surface area (TPSA) is 92.8 Å². The van der Waals surface area contributed by atoms with Gasteiger partial charge in [-0.05, 0) is 24.0 Å². The number of ether oxygens (including phenoxy) is 1. The van der Waals surface area contributed by atoms with Crippen LogP contribution < -0.4 is 5.32 Å². The van der Waals surface area contributed by atoms with Gasteiger partial charge in [0.1, 0.15) is 6.61 Å². The summed E-state index contributed by atoms with van der Waals surface area (Å²) in [4.78, 5) is 11.9. The first kappa shape index (κ1) is 15.3. The predicted octanol–water partition coefficient (Wildman–Crippen LogP) is 1.92. The Morgan fingerprint density at radius 2 is 2.24 bits per heavy atom. The zero-order valence-electron chi connectivity index (χ0n) is 11.7. The minimum atomic E-state index is -0.491. The number of benzene rings is 1. The summed E-state index contributed by atoms with van der Waals surface area (Å²) in [6.07, 6.45) is 2.22. The quantitative estimate of drug-likeness (QED) is 0.812. The maximum Gasteiger partial charge on any atom is 0.408 e. The summed E-state index contributed by atoms with van der Waals surface area (Å²) in [7, 11) is 0. The molecule has 0 spiro atoms. The van der Waals surface area contributed by atoms with Gasteiger partial charge in [-0.1, -0.05) is 35.5 Å². The van der Waals surface area contributed by atoms with Gasteiger partial charge in [0.05, 0.1) is 6.04 Å². The van der Waals surface area contributed by atoms with E-state index < -0.39 is 6.09 Å². The Kier molecular flexibility index (Phi) is 6.01. The van der Waals surface area contributed by atoms with Crippen molar-refractivity contribution in [3.05, 3.63) is 41.7 Å². The zero-order valence-corrected chi connectivity index (χ0v) is 12.5. The Morgan fingerprint density at radius 1 is 1.43 bits per heavy atom. The van der Waals surface area contributed by atoms with E-state index in [4.69, 9.17) is 4.74 Å². The van der Waals surface area contributed by atoms with Crippen molar-refractivity contribution in [1.29, 1.82) is 0 Å². The smallest absolute Gasteiger partial charge is 0.408 e. The molecule has 2 rings (SSSR count). The van der Waals surface area contributed by atoms with Crippen LogP contribution in [0.3, 0.4) is 0 Å². The maximum atomic E-state index is 11.9. The molecule has 0 aliphatic heterocycles. The highest BCUT2D eigenvalue weighted by Crippen LogP contribution is 2.14. The number of nitrogens with one attached hydrogen (secondary N) is 2. The van der Waals surface area contributed by atoms with Gasteiger partial charge in [-0.15, -0.1) is 10.2 Å². The lowest BCUT2D eigenvalue weighted by Crippen LogP contribution is -2.30. The van der Waals surface area contributed by atoms with Crippen LogP contribution in [0.1, 0.15) is 23.9 Å². The van der Waals surface area contributed by atoms with Crippen LogP contribution in [-0.4, -0.2) is 38.7 Å². The molecule has 0 bridgehead atoms. The molecule has 0 saturated carbocycles. The first-order valence-electron chi connectivity index (χ1n) is 6.49. The van der Waals surface area contributed by atoms with E-state index in [1.807, 2.05) is 36.6 Å². The molecular weight excluding hydrogens is 290 g/mol. The molecule has 0 saturated heterocycles. The fourth-order valence-corrected chi connectivity index (χ4v) is 2.20. The lowest BCUT2D eigenvalue weighted by atomic mass is 10.2. The van der Waals surface area contributed by atoms with E-state index >= 15 is 0 Å². The van der Waals surface area contributed by atoms with E-state index in [2.05, 4.69) is 25.9 Å². The lowest BCUT2D eigenvalue weighted by molar-refractivity contribution is 0.135. The van der Waals surface area contributed by atoms with Gasteiger partial charge in [0, 0.05) is 0 Å². The number of rotatable bonds is 7. The van der Waals surface area contributed by atoms with Gasteiger partial charge in [0.25, 0.3) is 0 Å². The average molecular weight is 307 g/mol. The second kappa shape index (κ2) is 8.25. The van der Waals surface area contributed by atoms with E-state index in [0.29, 0.717) is 12.2 Å². The minimum Gasteiger partial charge on any atom is -0.445 e. The van der Waals surface area contributed by atoms with E-state index in [1.54, 1.807) is 11.8 Å². The van der Waals surface area contributed by atoms with Gasteiger partial charge < -0.3 is 10.1 Å². The number of tetrazole rings is 1. The van der Waals surface area contributed by atoms with Crippen molar-refractivity contribution in [3.63, 3.8) is 0 Å². The van der Waals surface area contributed by atoms with Crippen LogP contribution in [0.15, 0.2) is 30.3 Å². The highest BCUT2D eigenvalue weighted by Gasteiger charge is 2.19. The van der Waals surface area contributed by atoms with Gasteiger partial charge in [-0.3, -0.25) is 0 Å². The third-order valence-corrected chi connectivity index (χ3v) is 3.43. The predicted molar refractivity (Wildman–Crippen MR) is 79.7 cm³/mol. The Morgan fingerprint density at radius 3 is 2.90 bits per heavy atom. The van der Waals surface area contributed by atoms with Crippen molar-refractivity contribution in [2.24, 2.45) is 0 Å². The fourth-order valence-electron chi connectivity index (χ4n) is 1.73. The van der Waals surface area contributed by atoms with E-state index in [9.17, 15) is 4.79 Å². The molecule has 0 radical (unpaired) electrons. The summed E-state index contributed by atoms with van der Waals surface area (Å²) in [5.74, 6) is 1.33. The Balaban J connectivity index is 1.86. The molecule has 2 N–H and O–H groups in total. The monoisotopic (exact) mass is 307 g/mol. The number of carbonyl (C=O) groups is 1. The number of H-pyrrole nitrogens is 1. The molecule has 1 atom stereocenters. The molecule has 7 nitrogen and oxygen atoms in total. The molecular formula is C13H17N5O2S. The van der Waals surface area contributed by atoms with Crippen LogP contribution in [0, 0.1) is 0 Å². The van der Waals surface area contributed by atoms with E-state index in [-0.39, 0.29) is 12.6 Å². The second-order valence-electron chi connectivity index (χ2n) is 4.31. The molecule has 1 aromatic heterocycles. The van der Waals surface area contributed by atoms with Crippen molar-refractivity contribution in [2.75, 3.05) is 12.0 Å². The molecule has 112 valence electrons. The molecule has 8 heteroatoms. The highest BCUT2D eigenvalue weighted by molar-refractivity contribution is 7.98. The van der Waals surface area contributed by atoms with Gasteiger partial charge >= 0.3 is 6.09 Å². The molecule has 21 heavy (non-hydrogen) atoms. The lowest BCUT2D eigenvalue weighted by Gasteiger charge is -2.14. The molecule has 1 aromatic carbocycles. The first-order valence-corrected chi connectivity index (χ1v) is 7.88. The minimum absolute atomic E-state index is 0.230. The number of hydrogen-bond acceptors (Lipinski definition) is 6. The third kappa shape index (κ3) is 5.07. The van der Waals surface area contributed by atoms with Crippen molar-refractivity contribution >= 4 is 17.9 Å². The second-order valence-corrected chi connectivity index (χ2v) is 5.30. The first-order chi connectivity index (χ1) is 10.3. The van der Waals surface area contributed by atoms with Crippen LogP contribution in [0.25, 0.3) is 0 Å². The number of alkyl carbamates (subject to hydrolysis) is 1.